The molecule has 2 aromatic rings. The summed E-state index contributed by atoms with van der Waals surface area (Å²) in [6, 6.07) is 4.15. The number of aromatic nitrogens is 1. The number of hydrogen-bond donors (Lipinski definition) is 1. The molecule has 2 aliphatic rings. The molecule has 1 aliphatic carbocycles. The summed E-state index contributed by atoms with van der Waals surface area (Å²) in [6.07, 6.45) is 4.65. The molecule has 0 bridgehead atoms. The predicted octanol–water partition coefficient (Wildman–Crippen LogP) is 1.62. The van der Waals surface area contributed by atoms with Crippen molar-refractivity contribution in [1.82, 2.24) is 14.2 Å². The SMILES string of the molecule is CCOC(=O)C1CCN(C(=O)Cn2c(=O)oc3cc(S(=O)(=O)NC4CCCC4)ccc32)CC1. The number of nitrogens with zero attached hydrogens (tertiary/aromatic N) is 2. The number of hydrogen-bond acceptors (Lipinski definition) is 7. The molecule has 1 saturated carbocycles. The second kappa shape index (κ2) is 9.68. The maximum absolute atomic E-state index is 12.8. The van der Waals surface area contributed by atoms with Crippen molar-refractivity contribution in [1.29, 1.82) is 0 Å². The minimum atomic E-state index is -3.73. The summed E-state index contributed by atoms with van der Waals surface area (Å²) < 4.78 is 39.6. The zero-order valence-electron chi connectivity index (χ0n) is 18.6. The van der Waals surface area contributed by atoms with Crippen LogP contribution in [0.2, 0.25) is 0 Å². The summed E-state index contributed by atoms with van der Waals surface area (Å²) in [5.41, 5.74) is 0.470. The van der Waals surface area contributed by atoms with Crippen molar-refractivity contribution >= 4 is 33.0 Å². The van der Waals surface area contributed by atoms with E-state index in [1.54, 1.807) is 11.8 Å². The molecule has 2 fully saturated rings. The summed E-state index contributed by atoms with van der Waals surface area (Å²) in [6.45, 7) is 2.68. The standard InChI is InChI=1S/C22H29N3O7S/c1-2-31-21(27)15-9-11-24(12-10-15)20(26)14-25-18-8-7-17(13-19(18)32-22(25)28)33(29,30)23-16-5-3-4-6-16/h7-8,13,15-16,23H,2-6,9-12,14H2,1H3. The smallest absolute Gasteiger partial charge is 0.420 e. The number of oxazole rings is 1. The summed E-state index contributed by atoms with van der Waals surface area (Å²) in [4.78, 5) is 38.7. The molecule has 4 rings (SSSR count). The molecule has 1 amide bonds. The molecule has 0 unspecified atom stereocenters. The Morgan fingerprint density at radius 1 is 1.15 bits per heavy atom. The Bertz CT molecular complexity index is 1190. The van der Waals surface area contributed by atoms with Crippen molar-refractivity contribution < 1.29 is 27.2 Å². The van der Waals surface area contributed by atoms with Crippen LogP contribution in [0.15, 0.2) is 32.3 Å². The van der Waals surface area contributed by atoms with E-state index in [1.165, 1.54) is 22.8 Å². The number of carbonyl (C=O) groups excluding carboxylic acids is 2. The lowest BCUT2D eigenvalue weighted by Crippen LogP contribution is -2.42. The van der Waals surface area contributed by atoms with Crippen molar-refractivity contribution in [2.75, 3.05) is 19.7 Å². The number of carbonyl (C=O) groups is 2. The Labute approximate surface area is 191 Å². The predicted molar refractivity (Wildman–Crippen MR) is 119 cm³/mol. The van der Waals surface area contributed by atoms with E-state index < -0.39 is 15.8 Å². The number of rotatable bonds is 7. The number of ether oxygens (including phenoxy) is 1. The zero-order chi connectivity index (χ0) is 23.6. The van der Waals surface area contributed by atoms with Gasteiger partial charge in [-0.1, -0.05) is 12.8 Å². The first-order chi connectivity index (χ1) is 15.8. The van der Waals surface area contributed by atoms with Crippen LogP contribution in [0.3, 0.4) is 0 Å². The number of benzene rings is 1. The van der Waals surface area contributed by atoms with Crippen LogP contribution in [0.25, 0.3) is 11.1 Å². The number of piperidine rings is 1. The van der Waals surface area contributed by atoms with E-state index in [4.69, 9.17) is 9.15 Å². The Morgan fingerprint density at radius 2 is 1.85 bits per heavy atom. The molecule has 1 aromatic heterocycles. The molecule has 0 radical (unpaired) electrons. The Balaban J connectivity index is 1.45. The quantitative estimate of drug-likeness (QED) is 0.598. The van der Waals surface area contributed by atoms with Crippen molar-refractivity contribution in [3.05, 3.63) is 28.7 Å². The maximum Gasteiger partial charge on any atom is 0.420 e. The number of amides is 1. The summed E-state index contributed by atoms with van der Waals surface area (Å²) in [5.74, 6) is -1.45. The molecule has 1 aromatic carbocycles. The number of fused-ring (bicyclic) bond motifs is 1. The number of nitrogens with one attached hydrogen (secondary N) is 1. The van der Waals surface area contributed by atoms with Gasteiger partial charge in [-0.15, -0.1) is 0 Å². The van der Waals surface area contributed by atoms with Gasteiger partial charge in [0, 0.05) is 25.2 Å². The lowest BCUT2D eigenvalue weighted by atomic mass is 9.97. The van der Waals surface area contributed by atoms with E-state index in [1.807, 2.05) is 0 Å². The van der Waals surface area contributed by atoms with Gasteiger partial charge in [-0.05, 0) is 44.7 Å². The van der Waals surface area contributed by atoms with Crippen molar-refractivity contribution in [3.8, 4) is 0 Å². The fourth-order valence-corrected chi connectivity index (χ4v) is 5.87. The van der Waals surface area contributed by atoms with Gasteiger partial charge in [0.2, 0.25) is 15.9 Å². The van der Waals surface area contributed by atoms with Gasteiger partial charge in [-0.3, -0.25) is 14.2 Å². The number of esters is 1. The minimum Gasteiger partial charge on any atom is -0.466 e. The first-order valence-electron chi connectivity index (χ1n) is 11.4. The molecule has 0 atom stereocenters. The third-order valence-electron chi connectivity index (χ3n) is 6.39. The molecule has 11 heteroatoms. The molecule has 0 spiro atoms. The Hall–Kier alpha value is -2.66. The summed E-state index contributed by atoms with van der Waals surface area (Å²) in [7, 11) is -3.73. The molecule has 33 heavy (non-hydrogen) atoms. The van der Waals surface area contributed by atoms with E-state index >= 15 is 0 Å². The van der Waals surface area contributed by atoms with Crippen LogP contribution < -0.4 is 10.5 Å². The van der Waals surface area contributed by atoms with Gasteiger partial charge < -0.3 is 14.1 Å². The minimum absolute atomic E-state index is 0.0233. The van der Waals surface area contributed by atoms with E-state index in [2.05, 4.69) is 4.72 Å². The van der Waals surface area contributed by atoms with Crippen molar-refractivity contribution in [2.24, 2.45) is 5.92 Å². The molecule has 1 N–H and O–H groups in total. The van der Waals surface area contributed by atoms with Crippen LogP contribution in [0.5, 0.6) is 0 Å². The molecular formula is C22H29N3O7S. The maximum atomic E-state index is 12.8. The van der Waals surface area contributed by atoms with Gasteiger partial charge >= 0.3 is 11.7 Å². The van der Waals surface area contributed by atoms with Gasteiger partial charge in [0.1, 0.15) is 6.54 Å². The fourth-order valence-electron chi connectivity index (χ4n) is 4.55. The van der Waals surface area contributed by atoms with Crippen LogP contribution in [0, 0.1) is 5.92 Å². The van der Waals surface area contributed by atoms with Crippen LogP contribution in [-0.2, 0) is 30.9 Å². The molecular weight excluding hydrogens is 450 g/mol. The fraction of sp³-hybridized carbons (Fsp3) is 0.591. The van der Waals surface area contributed by atoms with E-state index in [-0.39, 0.29) is 40.9 Å². The third kappa shape index (κ3) is 5.14. The monoisotopic (exact) mass is 479 g/mol. The third-order valence-corrected chi connectivity index (χ3v) is 7.91. The highest BCUT2D eigenvalue weighted by atomic mass is 32.2. The van der Waals surface area contributed by atoms with Crippen molar-refractivity contribution in [2.45, 2.75) is 62.9 Å². The van der Waals surface area contributed by atoms with Gasteiger partial charge in [0.15, 0.2) is 5.58 Å². The normalized spacial score (nSPS) is 18.2. The number of sulfonamides is 1. The van der Waals surface area contributed by atoms with Crippen molar-refractivity contribution in [3.63, 3.8) is 0 Å². The first kappa shape index (κ1) is 23.5. The summed E-state index contributed by atoms with van der Waals surface area (Å²) >= 11 is 0. The molecule has 180 valence electrons. The van der Waals surface area contributed by atoms with Gasteiger partial charge in [-0.25, -0.2) is 17.9 Å². The topological polar surface area (TPSA) is 128 Å². The zero-order valence-corrected chi connectivity index (χ0v) is 19.4. The second-order valence-electron chi connectivity index (χ2n) is 8.59. The molecule has 1 saturated heterocycles. The first-order valence-corrected chi connectivity index (χ1v) is 12.9. The average molecular weight is 480 g/mol. The number of likely N-dealkylation sites (tertiary alicyclic amines) is 1. The van der Waals surface area contributed by atoms with Gasteiger partial charge in [-0.2, -0.15) is 0 Å². The van der Waals surface area contributed by atoms with E-state index in [0.717, 1.165) is 25.7 Å². The van der Waals surface area contributed by atoms with Crippen LogP contribution in [0.1, 0.15) is 45.4 Å². The average Bonchev–Trinajstić information content (AvgIpc) is 3.40. The highest BCUT2D eigenvalue weighted by Gasteiger charge is 2.29. The van der Waals surface area contributed by atoms with Gasteiger partial charge in [0.25, 0.3) is 0 Å². The molecule has 1 aliphatic heterocycles. The van der Waals surface area contributed by atoms with E-state index in [0.29, 0.717) is 38.1 Å². The van der Waals surface area contributed by atoms with Crippen LogP contribution in [0.4, 0.5) is 0 Å². The van der Waals surface area contributed by atoms with Crippen LogP contribution in [-0.4, -0.2) is 55.5 Å². The summed E-state index contributed by atoms with van der Waals surface area (Å²) in [5, 5.41) is 0. The Kier molecular flexibility index (Phi) is 6.89. The highest BCUT2D eigenvalue weighted by molar-refractivity contribution is 7.89. The largest absolute Gasteiger partial charge is 0.466 e. The van der Waals surface area contributed by atoms with E-state index in [9.17, 15) is 22.8 Å². The lowest BCUT2D eigenvalue weighted by Gasteiger charge is -2.30. The molecule has 2 heterocycles. The second-order valence-corrected chi connectivity index (χ2v) is 10.3. The Morgan fingerprint density at radius 3 is 2.52 bits per heavy atom. The molecule has 10 nitrogen and oxygen atoms in total. The lowest BCUT2D eigenvalue weighted by molar-refractivity contribution is -0.151. The van der Waals surface area contributed by atoms with Crippen LogP contribution >= 0.6 is 0 Å². The highest BCUT2D eigenvalue weighted by Crippen LogP contribution is 2.23. The van der Waals surface area contributed by atoms with Gasteiger partial charge in [0.05, 0.1) is 22.9 Å².